The van der Waals surface area contributed by atoms with E-state index in [-0.39, 0.29) is 18.1 Å². The number of nitrogens with one attached hydrogen (secondary N) is 2. The van der Waals surface area contributed by atoms with Crippen LogP contribution in [0.15, 0.2) is 31.0 Å². The number of nitrogens with zero attached hydrogens (tertiary/aromatic N) is 3. The highest BCUT2D eigenvalue weighted by Gasteiger charge is 2.10. The molecule has 2 N–H and O–H groups in total. The molecule has 0 atom stereocenters. The van der Waals surface area contributed by atoms with Crippen LogP contribution >= 0.6 is 0 Å². The zero-order valence-electron chi connectivity index (χ0n) is 10.1. The second-order valence-corrected chi connectivity index (χ2v) is 3.97. The molecule has 0 bridgehead atoms. The third kappa shape index (κ3) is 3.66. The number of imidazole rings is 1. The van der Waals surface area contributed by atoms with Gasteiger partial charge in [-0.05, 0) is 21.5 Å². The average Bonchev–Trinajstić information content (AvgIpc) is 3.05. The summed E-state index contributed by atoms with van der Waals surface area (Å²) in [6.45, 7) is 0.826. The van der Waals surface area contributed by atoms with Crippen molar-refractivity contribution >= 4 is 11.7 Å². The molecule has 0 saturated heterocycles. The second kappa shape index (κ2) is 5.80. The number of hydrogen-bond donors (Lipinski definition) is 2. The van der Waals surface area contributed by atoms with Crippen molar-refractivity contribution in [2.45, 2.75) is 19.5 Å². The Morgan fingerprint density at radius 1 is 1.58 bits per heavy atom. The van der Waals surface area contributed by atoms with Gasteiger partial charge in [0, 0.05) is 31.9 Å². The van der Waals surface area contributed by atoms with Crippen molar-refractivity contribution in [2.75, 3.05) is 0 Å². The first-order valence-corrected chi connectivity index (χ1v) is 5.69. The Balaban J connectivity index is 1.75. The molecule has 1 amide bonds. The van der Waals surface area contributed by atoms with Crippen LogP contribution in [0.25, 0.3) is 0 Å². The summed E-state index contributed by atoms with van der Waals surface area (Å²) in [5, 5.41) is 13.2. The van der Waals surface area contributed by atoms with Crippen molar-refractivity contribution < 1.29 is 9.72 Å². The maximum Gasteiger partial charge on any atom is 0.381 e. The number of carbonyl (C=O) groups excluding carboxylic acids is 1. The number of H-pyrrole nitrogens is 1. The lowest BCUT2D eigenvalue weighted by Gasteiger charge is -2.03. The molecule has 0 radical (unpaired) electrons. The average molecular weight is 263 g/mol. The lowest BCUT2D eigenvalue weighted by atomic mass is 10.3. The molecule has 2 aromatic rings. The summed E-state index contributed by atoms with van der Waals surface area (Å²) in [5.41, 5.74) is 0.992. The summed E-state index contributed by atoms with van der Waals surface area (Å²) < 4.78 is 1.52. The zero-order chi connectivity index (χ0) is 13.7. The molecule has 0 aromatic carbocycles. The highest BCUT2D eigenvalue weighted by atomic mass is 16.6. The summed E-state index contributed by atoms with van der Waals surface area (Å²) in [4.78, 5) is 27.9. The number of carbonyl (C=O) groups is 1. The van der Waals surface area contributed by atoms with E-state index in [0.29, 0.717) is 13.1 Å². The molecule has 0 unspecified atom stereocenters. The summed E-state index contributed by atoms with van der Waals surface area (Å²) in [6.07, 6.45) is 6.49. The number of aromatic nitrogens is 3. The van der Waals surface area contributed by atoms with Gasteiger partial charge in [-0.3, -0.25) is 4.79 Å². The molecule has 0 fully saturated rings. The minimum atomic E-state index is -0.567. The van der Waals surface area contributed by atoms with Crippen LogP contribution < -0.4 is 5.32 Å². The van der Waals surface area contributed by atoms with Gasteiger partial charge in [-0.2, -0.15) is 0 Å². The van der Waals surface area contributed by atoms with E-state index in [1.54, 1.807) is 12.4 Å². The molecule has 8 nitrogen and oxygen atoms in total. The lowest BCUT2D eigenvalue weighted by Crippen LogP contribution is -2.23. The van der Waals surface area contributed by atoms with Gasteiger partial charge in [-0.25, -0.2) is 0 Å². The molecule has 8 heteroatoms. The van der Waals surface area contributed by atoms with Crippen LogP contribution in [-0.4, -0.2) is 25.4 Å². The first-order chi connectivity index (χ1) is 9.15. The van der Waals surface area contributed by atoms with Crippen molar-refractivity contribution in [3.05, 3.63) is 46.7 Å². The maximum absolute atomic E-state index is 11.6. The third-order valence-electron chi connectivity index (χ3n) is 2.56. The van der Waals surface area contributed by atoms with Gasteiger partial charge in [0.15, 0.2) is 0 Å². The largest absolute Gasteiger partial charge is 0.381 e. The highest BCUT2D eigenvalue weighted by Crippen LogP contribution is 2.06. The van der Waals surface area contributed by atoms with Crippen molar-refractivity contribution in [1.29, 1.82) is 0 Å². The minimum Gasteiger partial charge on any atom is -0.367 e. The molecule has 0 saturated carbocycles. The lowest BCUT2D eigenvalue weighted by molar-refractivity contribution is -0.389. The monoisotopic (exact) mass is 263 g/mol. The van der Waals surface area contributed by atoms with Gasteiger partial charge < -0.3 is 25.0 Å². The maximum atomic E-state index is 11.6. The number of amides is 1. The Bertz CT molecular complexity index is 561. The van der Waals surface area contributed by atoms with Crippen LogP contribution in [-0.2, 0) is 17.9 Å². The Morgan fingerprint density at radius 2 is 2.42 bits per heavy atom. The van der Waals surface area contributed by atoms with Crippen LogP contribution in [0, 0.1) is 10.1 Å². The molecule has 100 valence electrons. The quantitative estimate of drug-likeness (QED) is 0.594. The van der Waals surface area contributed by atoms with E-state index in [2.05, 4.69) is 15.3 Å². The standard InChI is InChI=1S/C11H13N5O3/c17-11(13-6-9-1-3-12-5-9)2-4-15-7-10(14-8-15)16(18)19/h1,3,5,7-8,12H,2,4,6H2,(H,13,17). The van der Waals surface area contributed by atoms with Crippen LogP contribution in [0.5, 0.6) is 0 Å². The smallest absolute Gasteiger partial charge is 0.367 e. The fourth-order valence-corrected chi connectivity index (χ4v) is 1.55. The van der Waals surface area contributed by atoms with E-state index in [1.165, 1.54) is 17.1 Å². The Hall–Kier alpha value is -2.64. The zero-order valence-corrected chi connectivity index (χ0v) is 10.1. The van der Waals surface area contributed by atoms with Crippen molar-refractivity contribution in [3.63, 3.8) is 0 Å². The first-order valence-electron chi connectivity index (χ1n) is 5.69. The molecule has 2 heterocycles. The van der Waals surface area contributed by atoms with Crippen molar-refractivity contribution in [1.82, 2.24) is 19.9 Å². The van der Waals surface area contributed by atoms with Gasteiger partial charge in [0.1, 0.15) is 6.20 Å². The Labute approximate surface area is 108 Å². The second-order valence-electron chi connectivity index (χ2n) is 3.97. The van der Waals surface area contributed by atoms with Crippen molar-refractivity contribution in [2.24, 2.45) is 0 Å². The molecular formula is C11H13N5O3. The molecule has 0 aliphatic heterocycles. The first kappa shape index (κ1) is 12.8. The van der Waals surface area contributed by atoms with E-state index >= 15 is 0 Å². The molecule has 0 spiro atoms. The topological polar surface area (TPSA) is 106 Å². The summed E-state index contributed by atoms with van der Waals surface area (Å²) in [5.74, 6) is -0.328. The number of aromatic amines is 1. The van der Waals surface area contributed by atoms with Crippen molar-refractivity contribution in [3.8, 4) is 0 Å². The van der Waals surface area contributed by atoms with Gasteiger partial charge >= 0.3 is 5.82 Å². The van der Waals surface area contributed by atoms with Crippen LogP contribution in [0.4, 0.5) is 5.82 Å². The molecular weight excluding hydrogens is 250 g/mol. The molecule has 0 aliphatic rings. The van der Waals surface area contributed by atoms with Crippen LogP contribution in [0.1, 0.15) is 12.0 Å². The van der Waals surface area contributed by atoms with Gasteiger partial charge in [0.05, 0.1) is 0 Å². The number of aryl methyl sites for hydroxylation is 1. The van der Waals surface area contributed by atoms with E-state index < -0.39 is 4.92 Å². The van der Waals surface area contributed by atoms with E-state index in [1.807, 2.05) is 6.07 Å². The highest BCUT2D eigenvalue weighted by molar-refractivity contribution is 5.75. The number of hydrogen-bond acceptors (Lipinski definition) is 4. The summed E-state index contributed by atoms with van der Waals surface area (Å²) in [6, 6.07) is 1.87. The van der Waals surface area contributed by atoms with E-state index in [9.17, 15) is 14.9 Å². The fraction of sp³-hybridized carbons (Fsp3) is 0.273. The van der Waals surface area contributed by atoms with Gasteiger partial charge in [0.2, 0.25) is 12.2 Å². The predicted octanol–water partition coefficient (Wildman–Crippen LogP) is 0.826. The fourth-order valence-electron chi connectivity index (χ4n) is 1.55. The number of rotatable bonds is 6. The summed E-state index contributed by atoms with van der Waals surface area (Å²) >= 11 is 0. The molecule has 0 aliphatic carbocycles. The minimum absolute atomic E-state index is 0.113. The molecule has 2 rings (SSSR count). The van der Waals surface area contributed by atoms with Gasteiger partial charge in [-0.15, -0.1) is 0 Å². The SMILES string of the molecule is O=C(CCn1cnc([N+](=O)[O-])c1)NCc1cc[nH]c1. The molecule has 19 heavy (non-hydrogen) atoms. The van der Waals surface area contributed by atoms with Crippen LogP contribution in [0.3, 0.4) is 0 Å². The van der Waals surface area contributed by atoms with Crippen LogP contribution in [0.2, 0.25) is 0 Å². The van der Waals surface area contributed by atoms with E-state index in [4.69, 9.17) is 0 Å². The van der Waals surface area contributed by atoms with E-state index in [0.717, 1.165) is 5.56 Å². The summed E-state index contributed by atoms with van der Waals surface area (Å²) in [7, 11) is 0. The molecule has 2 aromatic heterocycles. The predicted molar refractivity (Wildman–Crippen MR) is 66.1 cm³/mol. The number of nitro groups is 1. The Morgan fingerprint density at radius 3 is 3.05 bits per heavy atom. The normalized spacial score (nSPS) is 10.3. The van der Waals surface area contributed by atoms with Gasteiger partial charge in [-0.1, -0.05) is 0 Å². The Kier molecular flexibility index (Phi) is 3.91. The third-order valence-corrected chi connectivity index (χ3v) is 2.56. The van der Waals surface area contributed by atoms with Gasteiger partial charge in [0.25, 0.3) is 0 Å².